The van der Waals surface area contributed by atoms with E-state index in [4.69, 9.17) is 28.9 Å². The summed E-state index contributed by atoms with van der Waals surface area (Å²) in [5.41, 5.74) is 9.57. The van der Waals surface area contributed by atoms with E-state index in [2.05, 4.69) is 5.32 Å². The van der Waals surface area contributed by atoms with Gasteiger partial charge in [-0.15, -0.1) is 11.8 Å². The number of phenolic OH excluding ortho intramolecular Hbond substituents is 1. The van der Waals surface area contributed by atoms with E-state index >= 15 is 0 Å². The average molecular weight is 461 g/mol. The molecule has 0 bridgehead atoms. The topological polar surface area (TPSA) is 75.4 Å². The van der Waals surface area contributed by atoms with Gasteiger partial charge in [0.25, 0.3) is 0 Å². The predicted octanol–water partition coefficient (Wildman–Crippen LogP) is 5.46. The van der Waals surface area contributed by atoms with Crippen molar-refractivity contribution in [2.45, 2.75) is 11.7 Å². The smallest absolute Gasteiger partial charge is 0.230 e. The molecule has 0 aliphatic heterocycles. The first kappa shape index (κ1) is 22.3. The number of aromatic hydroxyl groups is 1. The Hall–Kier alpha value is -2.34. The Morgan fingerprint density at radius 2 is 1.77 bits per heavy atom. The highest BCUT2D eigenvalue weighted by Gasteiger charge is 2.21. The summed E-state index contributed by atoms with van der Waals surface area (Å²) < 4.78 is 0. The maximum Gasteiger partial charge on any atom is 0.230 e. The van der Waals surface area contributed by atoms with Crippen LogP contribution in [0.2, 0.25) is 10.0 Å². The van der Waals surface area contributed by atoms with E-state index in [1.165, 1.54) is 11.8 Å². The van der Waals surface area contributed by atoms with Crippen LogP contribution >= 0.6 is 35.0 Å². The van der Waals surface area contributed by atoms with Gasteiger partial charge in [-0.1, -0.05) is 53.5 Å². The summed E-state index contributed by atoms with van der Waals surface area (Å²) in [6.45, 7) is 0.514. The van der Waals surface area contributed by atoms with E-state index in [0.717, 1.165) is 16.7 Å². The number of benzene rings is 3. The lowest BCUT2D eigenvalue weighted by Crippen LogP contribution is -2.27. The molecule has 0 fully saturated rings. The SMILES string of the molecule is Nc1ccc(Cl)cc1C(SCC(=O)NCCc1ccc(O)cc1)c1ccccc1Cl. The summed E-state index contributed by atoms with van der Waals surface area (Å²) in [6, 6.07) is 19.8. The molecule has 1 amide bonds. The first-order chi connectivity index (χ1) is 14.4. The lowest BCUT2D eigenvalue weighted by Gasteiger charge is -2.21. The number of carbonyl (C=O) groups excluding carboxylic acids is 1. The van der Waals surface area contributed by atoms with Crippen molar-refractivity contribution in [1.29, 1.82) is 0 Å². The maximum atomic E-state index is 12.4. The fraction of sp³-hybridized carbons (Fsp3) is 0.174. The molecular formula is C23H22Cl2N2O2S. The highest BCUT2D eigenvalue weighted by molar-refractivity contribution is 8.00. The third-order valence-corrected chi connectivity index (χ3v) is 6.42. The van der Waals surface area contributed by atoms with Crippen LogP contribution in [-0.4, -0.2) is 23.3 Å². The molecule has 4 N–H and O–H groups in total. The van der Waals surface area contributed by atoms with E-state index < -0.39 is 0 Å². The van der Waals surface area contributed by atoms with Gasteiger partial charge >= 0.3 is 0 Å². The lowest BCUT2D eigenvalue weighted by atomic mass is 10.0. The number of anilines is 1. The molecule has 1 unspecified atom stereocenters. The Bertz CT molecular complexity index is 1010. The van der Waals surface area contributed by atoms with Crippen LogP contribution in [0.15, 0.2) is 66.7 Å². The van der Waals surface area contributed by atoms with E-state index in [1.807, 2.05) is 42.5 Å². The largest absolute Gasteiger partial charge is 0.508 e. The molecule has 7 heteroatoms. The van der Waals surface area contributed by atoms with Crippen molar-refractivity contribution >= 4 is 46.6 Å². The summed E-state index contributed by atoms with van der Waals surface area (Å²) in [5, 5.41) is 13.2. The highest BCUT2D eigenvalue weighted by Crippen LogP contribution is 2.42. The average Bonchev–Trinajstić information content (AvgIpc) is 2.73. The number of nitrogens with one attached hydrogen (secondary N) is 1. The maximum absolute atomic E-state index is 12.4. The number of rotatable bonds is 8. The molecule has 1 atom stereocenters. The Morgan fingerprint density at radius 3 is 2.50 bits per heavy atom. The molecule has 156 valence electrons. The fourth-order valence-corrected chi connectivity index (χ4v) is 4.71. The monoisotopic (exact) mass is 460 g/mol. The Kier molecular flexibility index (Phi) is 7.91. The van der Waals surface area contributed by atoms with Crippen LogP contribution in [0.25, 0.3) is 0 Å². The number of thioether (sulfide) groups is 1. The molecule has 3 rings (SSSR count). The van der Waals surface area contributed by atoms with Crippen LogP contribution in [0.4, 0.5) is 5.69 Å². The van der Waals surface area contributed by atoms with Gasteiger partial charge in [0.1, 0.15) is 5.75 Å². The fourth-order valence-electron chi connectivity index (χ4n) is 3.03. The first-order valence-corrected chi connectivity index (χ1v) is 11.2. The molecule has 4 nitrogen and oxygen atoms in total. The molecular weight excluding hydrogens is 439 g/mol. The second kappa shape index (κ2) is 10.6. The highest BCUT2D eigenvalue weighted by atomic mass is 35.5. The molecule has 0 spiro atoms. The zero-order valence-electron chi connectivity index (χ0n) is 16.1. The van der Waals surface area contributed by atoms with Gasteiger partial charge in [-0.2, -0.15) is 0 Å². The normalized spacial score (nSPS) is 11.8. The zero-order chi connectivity index (χ0) is 21.5. The molecule has 0 aliphatic rings. The van der Waals surface area contributed by atoms with E-state index in [0.29, 0.717) is 28.7 Å². The van der Waals surface area contributed by atoms with Gasteiger partial charge in [0.2, 0.25) is 5.91 Å². The van der Waals surface area contributed by atoms with Gasteiger partial charge in [-0.25, -0.2) is 0 Å². The number of hydrogen-bond acceptors (Lipinski definition) is 4. The van der Waals surface area contributed by atoms with Crippen LogP contribution in [0.3, 0.4) is 0 Å². The number of hydrogen-bond donors (Lipinski definition) is 3. The minimum Gasteiger partial charge on any atom is -0.508 e. The summed E-state index contributed by atoms with van der Waals surface area (Å²) in [4.78, 5) is 12.4. The minimum atomic E-state index is -0.222. The van der Waals surface area contributed by atoms with Crippen LogP contribution < -0.4 is 11.1 Å². The van der Waals surface area contributed by atoms with Crippen molar-refractivity contribution in [3.8, 4) is 5.75 Å². The van der Waals surface area contributed by atoms with Gasteiger partial charge in [0.05, 0.1) is 11.0 Å². The summed E-state index contributed by atoms with van der Waals surface area (Å²) in [6.07, 6.45) is 0.686. The van der Waals surface area contributed by atoms with Gasteiger partial charge in [-0.3, -0.25) is 4.79 Å². The molecule has 3 aromatic carbocycles. The molecule has 0 heterocycles. The molecule has 0 aliphatic carbocycles. The molecule has 0 aromatic heterocycles. The van der Waals surface area contributed by atoms with Gasteiger partial charge < -0.3 is 16.2 Å². The van der Waals surface area contributed by atoms with Gasteiger partial charge in [0.15, 0.2) is 0 Å². The van der Waals surface area contributed by atoms with E-state index in [1.54, 1.807) is 24.3 Å². The summed E-state index contributed by atoms with van der Waals surface area (Å²) >= 11 is 14.1. The number of carbonyl (C=O) groups is 1. The Balaban J connectivity index is 1.66. The standard InChI is InChI=1S/C23H22Cl2N2O2S/c24-16-7-10-21(26)19(13-16)23(18-3-1-2-4-20(18)25)30-14-22(29)27-12-11-15-5-8-17(28)9-6-15/h1-10,13,23,28H,11-12,14,26H2,(H,27,29). The number of phenols is 1. The van der Waals surface area contributed by atoms with Crippen molar-refractivity contribution in [2.75, 3.05) is 18.0 Å². The molecule has 30 heavy (non-hydrogen) atoms. The third-order valence-electron chi connectivity index (χ3n) is 4.57. The van der Waals surface area contributed by atoms with E-state index in [-0.39, 0.29) is 22.7 Å². The Morgan fingerprint density at radius 1 is 1.03 bits per heavy atom. The number of amides is 1. The first-order valence-electron chi connectivity index (χ1n) is 9.39. The second-order valence-corrected chi connectivity index (χ2v) is 8.69. The molecule has 0 saturated carbocycles. The van der Waals surface area contributed by atoms with Crippen molar-refractivity contribution in [3.05, 3.63) is 93.5 Å². The van der Waals surface area contributed by atoms with E-state index in [9.17, 15) is 9.90 Å². The van der Waals surface area contributed by atoms with Crippen molar-refractivity contribution in [2.24, 2.45) is 0 Å². The third kappa shape index (κ3) is 6.08. The number of nitrogens with two attached hydrogens (primary N) is 1. The molecule has 0 saturated heterocycles. The van der Waals surface area contributed by atoms with Crippen LogP contribution in [-0.2, 0) is 11.2 Å². The van der Waals surface area contributed by atoms with Crippen LogP contribution in [0, 0.1) is 0 Å². The summed E-state index contributed by atoms with van der Waals surface area (Å²) in [5.74, 6) is 0.402. The van der Waals surface area contributed by atoms with Crippen LogP contribution in [0.5, 0.6) is 5.75 Å². The Labute approximate surface area is 190 Å². The predicted molar refractivity (Wildman–Crippen MR) is 126 cm³/mol. The minimum absolute atomic E-state index is 0.0727. The van der Waals surface area contributed by atoms with Gasteiger partial charge in [0, 0.05) is 22.3 Å². The number of nitrogen functional groups attached to an aromatic ring is 1. The molecule has 0 radical (unpaired) electrons. The lowest BCUT2D eigenvalue weighted by molar-refractivity contribution is -0.118. The quantitative estimate of drug-likeness (QED) is 0.390. The second-order valence-electron chi connectivity index (χ2n) is 6.75. The summed E-state index contributed by atoms with van der Waals surface area (Å²) in [7, 11) is 0. The van der Waals surface area contributed by atoms with Crippen molar-refractivity contribution in [1.82, 2.24) is 5.32 Å². The molecule has 3 aromatic rings. The zero-order valence-corrected chi connectivity index (χ0v) is 18.5. The number of halogens is 2. The van der Waals surface area contributed by atoms with Crippen molar-refractivity contribution in [3.63, 3.8) is 0 Å². The van der Waals surface area contributed by atoms with Gasteiger partial charge in [-0.05, 0) is 59.5 Å². The van der Waals surface area contributed by atoms with Crippen molar-refractivity contribution < 1.29 is 9.90 Å². The van der Waals surface area contributed by atoms with Crippen LogP contribution in [0.1, 0.15) is 21.9 Å².